The van der Waals surface area contributed by atoms with Crippen molar-refractivity contribution in [3.63, 3.8) is 0 Å². The van der Waals surface area contributed by atoms with E-state index in [1.807, 2.05) is 0 Å². The molecule has 0 unspecified atom stereocenters. The van der Waals surface area contributed by atoms with Gasteiger partial charge in [-0.25, -0.2) is 16.3 Å². The maximum atomic E-state index is 15.4. The van der Waals surface area contributed by atoms with E-state index < -0.39 is 58.3 Å². The van der Waals surface area contributed by atoms with Crippen LogP contribution in [-0.4, -0.2) is 31.2 Å². The zero-order valence-electron chi connectivity index (χ0n) is 19.1. The van der Waals surface area contributed by atoms with Crippen molar-refractivity contribution in [2.24, 2.45) is 0 Å². The van der Waals surface area contributed by atoms with Crippen LogP contribution >= 0.6 is 45.5 Å². The van der Waals surface area contributed by atoms with E-state index in [0.717, 1.165) is 30.1 Å². The maximum Gasteiger partial charge on any atom is 0.435 e. The third-order valence-electron chi connectivity index (χ3n) is 5.50. The molecule has 3 aromatic carbocycles. The fourth-order valence-electron chi connectivity index (χ4n) is 3.45. The fraction of sp³-hybridized carbons (Fsp3) is 0.167. The van der Waals surface area contributed by atoms with Gasteiger partial charge >= 0.3 is 18.0 Å². The van der Waals surface area contributed by atoms with Crippen LogP contribution < -0.4 is 8.01 Å². The number of alkyl halides is 7. The molecule has 2 amide bonds. The monoisotopic (exact) mass is 786 g/mol. The first kappa shape index (κ1) is 31.0. The molecule has 3 aromatic rings. The molecule has 0 aliphatic carbocycles. The summed E-state index contributed by atoms with van der Waals surface area (Å²) in [5.74, 6) is -4.12. The Bertz CT molecular complexity index is 1410. The molecule has 208 valence electrons. The van der Waals surface area contributed by atoms with Crippen molar-refractivity contribution in [1.82, 2.24) is 0 Å². The quantitative estimate of drug-likeness (QED) is 0.149. The predicted molar refractivity (Wildman–Crippen MR) is 140 cm³/mol. The van der Waals surface area contributed by atoms with Gasteiger partial charge in [0.25, 0.3) is 11.8 Å². The molecule has 0 saturated carbocycles. The van der Waals surface area contributed by atoms with E-state index in [1.54, 1.807) is 0 Å². The molecule has 0 aliphatic heterocycles. The molecule has 0 heterocycles. The van der Waals surface area contributed by atoms with Gasteiger partial charge < -0.3 is 4.90 Å². The van der Waals surface area contributed by atoms with Crippen molar-refractivity contribution in [1.29, 1.82) is 0 Å². The third kappa shape index (κ3) is 5.69. The van der Waals surface area contributed by atoms with Crippen LogP contribution in [0.5, 0.6) is 0 Å². The van der Waals surface area contributed by atoms with Crippen molar-refractivity contribution in [2.75, 3.05) is 15.1 Å². The van der Waals surface area contributed by atoms with Crippen LogP contribution in [0.25, 0.3) is 0 Å². The summed E-state index contributed by atoms with van der Waals surface area (Å²) in [5.41, 5.74) is -9.11. The zero-order chi connectivity index (χ0) is 29.5. The highest BCUT2D eigenvalue weighted by molar-refractivity contribution is 14.1. The minimum Gasteiger partial charge on any atom is -0.309 e. The van der Waals surface area contributed by atoms with Gasteiger partial charge in [0.05, 0.1) is 45.4 Å². The van der Waals surface area contributed by atoms with Gasteiger partial charge in [-0.3, -0.25) is 9.59 Å². The van der Waals surface area contributed by atoms with E-state index in [0.29, 0.717) is 9.18 Å². The minimum absolute atomic E-state index is 0.227. The van der Waals surface area contributed by atoms with E-state index in [-0.39, 0.29) is 27.0 Å². The number of amides is 2. The lowest BCUT2D eigenvalue weighted by Gasteiger charge is -2.31. The number of benzene rings is 3. The summed E-state index contributed by atoms with van der Waals surface area (Å²) in [7, 11) is 1.13. The van der Waals surface area contributed by atoms with Gasteiger partial charge in [0.1, 0.15) is 5.82 Å². The lowest BCUT2D eigenvalue weighted by molar-refractivity contribution is -0.348. The summed E-state index contributed by atoms with van der Waals surface area (Å²) in [4.78, 5) is 26.5. The molecule has 0 atom stereocenters. The molecule has 0 aromatic heterocycles. The molecule has 0 fully saturated rings. The number of carbonyl (C=O) groups is 2. The lowest BCUT2D eigenvalue weighted by Crippen LogP contribution is -2.50. The fourth-order valence-corrected chi connectivity index (χ4v) is 5.35. The molecule has 3 rings (SSSR count). The average Bonchev–Trinajstić information content (AvgIpc) is 2.85. The number of rotatable bonds is 5. The zero-order valence-corrected chi connectivity index (χ0v) is 23.5. The molecule has 15 heteroatoms. The summed E-state index contributed by atoms with van der Waals surface area (Å²) in [5, 5.41) is 0. The second-order valence-electron chi connectivity index (χ2n) is 7.89. The maximum absolute atomic E-state index is 15.4. The van der Waals surface area contributed by atoms with Gasteiger partial charge in [-0.2, -0.15) is 26.3 Å². The van der Waals surface area contributed by atoms with Crippen LogP contribution in [0.15, 0.2) is 60.7 Å². The van der Waals surface area contributed by atoms with Crippen LogP contribution in [-0.2, 0) is 5.67 Å². The highest BCUT2D eigenvalue weighted by Crippen LogP contribution is 2.53. The topological polar surface area (TPSA) is 40.6 Å². The van der Waals surface area contributed by atoms with Crippen LogP contribution in [0.4, 0.5) is 50.9 Å². The smallest absolute Gasteiger partial charge is 0.309 e. The van der Waals surface area contributed by atoms with Gasteiger partial charge in [0, 0.05) is 16.2 Å². The Kier molecular flexibility index (Phi) is 8.84. The van der Waals surface area contributed by atoms with Gasteiger partial charge in [-0.05, 0) is 59.0 Å². The molecule has 0 bridgehead atoms. The van der Waals surface area contributed by atoms with Gasteiger partial charge in [0.2, 0.25) is 0 Å². The number of nitrogens with zero attached hydrogens (tertiary/aromatic N) is 2. The van der Waals surface area contributed by atoms with Crippen molar-refractivity contribution in [2.45, 2.75) is 18.0 Å². The van der Waals surface area contributed by atoms with Crippen LogP contribution in [0, 0.1) is 15.2 Å². The van der Waals surface area contributed by atoms with Crippen molar-refractivity contribution >= 4 is 68.6 Å². The van der Waals surface area contributed by atoms with Crippen molar-refractivity contribution < 1.29 is 49.1 Å². The Morgan fingerprint density at radius 2 is 1.31 bits per heavy atom. The molecule has 4 nitrogen and oxygen atoms in total. The second kappa shape index (κ2) is 11.1. The molecule has 0 radical (unpaired) electrons. The first-order chi connectivity index (χ1) is 17.9. The van der Waals surface area contributed by atoms with Crippen LogP contribution in [0.3, 0.4) is 0 Å². The summed E-state index contributed by atoms with van der Waals surface area (Å²) in [6, 6.07) is 9.45. The van der Waals surface area contributed by atoms with Gasteiger partial charge in [0.15, 0.2) is 5.82 Å². The number of carbonyl (C=O) groups excluding carboxylic acids is 2. The number of hydrogen-bond donors (Lipinski definition) is 0. The van der Waals surface area contributed by atoms with E-state index in [1.165, 1.54) is 69.7 Å². The molecule has 39 heavy (non-hydrogen) atoms. The Morgan fingerprint density at radius 3 is 1.85 bits per heavy atom. The summed E-state index contributed by atoms with van der Waals surface area (Å²) in [6.45, 7) is 0. The highest BCUT2D eigenvalue weighted by Gasteiger charge is 2.73. The van der Waals surface area contributed by atoms with Crippen LogP contribution in [0.2, 0.25) is 0 Å². The Morgan fingerprint density at radius 1 is 0.744 bits per heavy atom. The molecular formula is C24H13F9I2N2O2. The lowest BCUT2D eigenvalue weighted by atomic mass is 9.94. The molecule has 0 N–H and O–H groups in total. The average molecular weight is 786 g/mol. The van der Waals surface area contributed by atoms with E-state index in [4.69, 9.17) is 0 Å². The van der Waals surface area contributed by atoms with Gasteiger partial charge in [-0.1, -0.05) is 24.3 Å². The number of halogens is 11. The summed E-state index contributed by atoms with van der Waals surface area (Å²) in [6.07, 6.45) is -12.7. The van der Waals surface area contributed by atoms with Crippen LogP contribution in [0.1, 0.15) is 26.3 Å². The molecule has 0 saturated heterocycles. The number of anilines is 2. The Balaban J connectivity index is 1.97. The molecule has 0 spiro atoms. The van der Waals surface area contributed by atoms with E-state index >= 15 is 4.39 Å². The third-order valence-corrected chi connectivity index (χ3v) is 7.32. The normalized spacial score (nSPS) is 12.3. The van der Waals surface area contributed by atoms with Gasteiger partial charge in [-0.15, -0.1) is 0 Å². The standard InChI is InChI=1S/C24H13F9I2N2O2/c1-36(20(38)13-5-2-3-7-15(13)25)18-8-4-6-14(19(18)26)21(39)37(35)17-10-9-12(11-16(17)34)22(27,23(28,29)30)24(31,32)33/h2-11H,1H3. The Labute approximate surface area is 242 Å². The summed E-state index contributed by atoms with van der Waals surface area (Å²) < 4.78 is 123. The predicted octanol–water partition coefficient (Wildman–Crippen LogP) is 8.13. The second-order valence-corrected chi connectivity index (χ2v) is 10.0. The molecule has 0 aliphatic rings. The molecular weight excluding hydrogens is 773 g/mol. The Hall–Kier alpha value is -2.57. The van der Waals surface area contributed by atoms with E-state index in [9.17, 15) is 44.7 Å². The van der Waals surface area contributed by atoms with Crippen molar-refractivity contribution in [3.05, 3.63) is 92.6 Å². The summed E-state index contributed by atoms with van der Waals surface area (Å²) >= 11 is 2.66. The first-order valence-electron chi connectivity index (χ1n) is 10.4. The highest BCUT2D eigenvalue weighted by atomic mass is 127. The first-order valence-corrected chi connectivity index (χ1v) is 12.4. The van der Waals surface area contributed by atoms with Crippen molar-refractivity contribution in [3.8, 4) is 0 Å². The largest absolute Gasteiger partial charge is 0.435 e. The van der Waals surface area contributed by atoms with E-state index in [2.05, 4.69) is 0 Å². The minimum atomic E-state index is -6.33. The SMILES string of the molecule is CN(C(=O)c1ccccc1F)c1cccc(C(=O)N(I)c2ccc(C(F)(C(F)(F)F)C(F)(F)F)cc2I)c1F. The number of hydrogen-bond acceptors (Lipinski definition) is 2.